The first kappa shape index (κ1) is 17.9. The van der Waals surface area contributed by atoms with Crippen molar-refractivity contribution in [3.63, 3.8) is 0 Å². The van der Waals surface area contributed by atoms with E-state index in [9.17, 15) is 4.79 Å². The van der Waals surface area contributed by atoms with Crippen molar-refractivity contribution in [2.75, 3.05) is 13.2 Å². The van der Waals surface area contributed by atoms with Gasteiger partial charge in [0.2, 0.25) is 5.91 Å². The molecule has 1 saturated carbocycles. The Labute approximate surface area is 172 Å². The largest absolute Gasteiger partial charge is 0.486 e. The number of benzene rings is 2. The molecule has 1 amide bonds. The number of aromatic nitrogens is 1. The van der Waals surface area contributed by atoms with Gasteiger partial charge in [0.25, 0.3) is 0 Å². The van der Waals surface area contributed by atoms with Gasteiger partial charge in [-0.25, -0.2) is 10.4 Å². The third kappa shape index (κ3) is 3.63. The topological polar surface area (TPSA) is 72.8 Å². The molecule has 0 radical (unpaired) electrons. The number of hydrogen-bond acceptors (Lipinski definition) is 5. The summed E-state index contributed by atoms with van der Waals surface area (Å²) >= 11 is 6.29. The molecule has 2 aromatic carbocycles. The molecule has 0 bridgehead atoms. The first-order valence-electron chi connectivity index (χ1n) is 9.47. The third-order valence-corrected chi connectivity index (χ3v) is 5.50. The number of hydrogen-bond donors (Lipinski definition) is 1. The van der Waals surface area contributed by atoms with Gasteiger partial charge in [0, 0.05) is 22.9 Å². The van der Waals surface area contributed by atoms with E-state index < -0.39 is 0 Å². The van der Waals surface area contributed by atoms with Crippen LogP contribution >= 0.6 is 11.6 Å². The van der Waals surface area contributed by atoms with Gasteiger partial charge in [-0.15, -0.1) is 0 Å². The normalized spacial score (nSPS) is 20.0. The molecule has 0 saturated heterocycles. The van der Waals surface area contributed by atoms with Crippen molar-refractivity contribution in [2.45, 2.75) is 12.3 Å². The molecule has 2 heterocycles. The Morgan fingerprint density at radius 2 is 1.90 bits per heavy atom. The number of nitrogens with one attached hydrogen (secondary N) is 1. The van der Waals surface area contributed by atoms with Gasteiger partial charge < -0.3 is 9.47 Å². The average Bonchev–Trinajstić information content (AvgIpc) is 3.54. The van der Waals surface area contributed by atoms with Crippen LogP contribution < -0.4 is 14.9 Å². The van der Waals surface area contributed by atoms with Gasteiger partial charge in [-0.3, -0.25) is 4.79 Å². The molecule has 7 heteroatoms. The molecule has 0 unspecified atom stereocenters. The van der Waals surface area contributed by atoms with E-state index in [2.05, 4.69) is 27.6 Å². The second-order valence-electron chi connectivity index (χ2n) is 7.15. The lowest BCUT2D eigenvalue weighted by molar-refractivity contribution is -0.122. The van der Waals surface area contributed by atoms with Crippen molar-refractivity contribution in [3.05, 3.63) is 64.8 Å². The number of hydrazone groups is 1. The lowest BCUT2D eigenvalue weighted by Gasteiger charge is -2.18. The van der Waals surface area contributed by atoms with Crippen molar-refractivity contribution in [1.29, 1.82) is 0 Å². The van der Waals surface area contributed by atoms with E-state index in [4.69, 9.17) is 21.1 Å². The highest BCUT2D eigenvalue weighted by Gasteiger charge is 2.43. The number of fused-ring (bicyclic) bond motifs is 2. The summed E-state index contributed by atoms with van der Waals surface area (Å²) in [6, 6.07) is 15.6. The van der Waals surface area contributed by atoms with Gasteiger partial charge in [0.05, 0.1) is 11.7 Å². The molecule has 5 rings (SSSR count). The van der Waals surface area contributed by atoms with Crippen molar-refractivity contribution in [3.8, 4) is 11.5 Å². The molecule has 1 aromatic heterocycles. The summed E-state index contributed by atoms with van der Waals surface area (Å²) in [4.78, 5) is 16.7. The summed E-state index contributed by atoms with van der Waals surface area (Å²) in [5.41, 5.74) is 5.13. The number of rotatable bonds is 4. The number of amides is 1. The van der Waals surface area contributed by atoms with Crippen LogP contribution in [0.15, 0.2) is 53.6 Å². The van der Waals surface area contributed by atoms with Crippen LogP contribution in [-0.2, 0) is 4.79 Å². The predicted octanol–water partition coefficient (Wildman–Crippen LogP) is 3.91. The number of pyridine rings is 1. The lowest BCUT2D eigenvalue weighted by Crippen LogP contribution is -2.20. The first-order valence-corrected chi connectivity index (χ1v) is 9.84. The molecule has 2 aliphatic rings. The van der Waals surface area contributed by atoms with Crippen LogP contribution in [-0.4, -0.2) is 30.3 Å². The summed E-state index contributed by atoms with van der Waals surface area (Å²) in [5, 5.41) is 5.25. The summed E-state index contributed by atoms with van der Waals surface area (Å²) in [5.74, 6) is 1.50. The van der Waals surface area contributed by atoms with Crippen LogP contribution in [0.3, 0.4) is 0 Å². The Morgan fingerprint density at radius 3 is 2.69 bits per heavy atom. The van der Waals surface area contributed by atoms with Gasteiger partial charge in [-0.1, -0.05) is 41.9 Å². The molecule has 2 atom stereocenters. The molecule has 0 spiro atoms. The number of carbonyl (C=O) groups excluding carboxylic acids is 1. The third-order valence-electron chi connectivity index (χ3n) is 5.19. The van der Waals surface area contributed by atoms with Crippen molar-refractivity contribution in [2.24, 2.45) is 11.0 Å². The van der Waals surface area contributed by atoms with E-state index in [1.165, 1.54) is 11.8 Å². The second-order valence-corrected chi connectivity index (χ2v) is 7.51. The number of ether oxygens (including phenoxy) is 2. The van der Waals surface area contributed by atoms with Gasteiger partial charge in [-0.2, -0.15) is 5.10 Å². The predicted molar refractivity (Wildman–Crippen MR) is 111 cm³/mol. The van der Waals surface area contributed by atoms with Crippen LogP contribution in [0.5, 0.6) is 11.5 Å². The molecular weight excluding hydrogens is 390 g/mol. The van der Waals surface area contributed by atoms with E-state index in [1.807, 2.05) is 36.4 Å². The fourth-order valence-electron chi connectivity index (χ4n) is 3.60. The standard InChI is InChI=1S/C22H18ClN3O3/c23-21-15(8-14-9-19-20(11-18(14)25-21)29-7-6-28-19)12-24-26-22(27)17-10-16(17)13-4-2-1-3-5-13/h1-5,8-9,11-12,16-17H,6-7,10H2,(H,26,27)/b24-12+/t16-,17+/m1/s1. The number of halogens is 1. The zero-order valence-corrected chi connectivity index (χ0v) is 16.2. The zero-order valence-electron chi connectivity index (χ0n) is 15.5. The van der Waals surface area contributed by atoms with E-state index >= 15 is 0 Å². The Hall–Kier alpha value is -3.12. The Bertz CT molecular complexity index is 1120. The van der Waals surface area contributed by atoms with Crippen LogP contribution in [0.4, 0.5) is 0 Å². The highest BCUT2D eigenvalue weighted by atomic mass is 35.5. The SMILES string of the molecule is O=C(N/N=C/c1cc2cc3c(cc2nc1Cl)OCCO3)[C@H]1C[C@@H]1c1ccccc1. The minimum Gasteiger partial charge on any atom is -0.486 e. The van der Waals surface area contributed by atoms with Crippen molar-refractivity contribution < 1.29 is 14.3 Å². The molecule has 1 fully saturated rings. The van der Waals surface area contributed by atoms with Crippen LogP contribution in [0, 0.1) is 5.92 Å². The van der Waals surface area contributed by atoms with Crippen LogP contribution in [0.1, 0.15) is 23.5 Å². The van der Waals surface area contributed by atoms with E-state index in [1.54, 1.807) is 0 Å². The van der Waals surface area contributed by atoms with Crippen molar-refractivity contribution in [1.82, 2.24) is 10.4 Å². The van der Waals surface area contributed by atoms with E-state index in [0.717, 1.165) is 11.8 Å². The quantitative estimate of drug-likeness (QED) is 0.404. The van der Waals surface area contributed by atoms with Gasteiger partial charge in [0.1, 0.15) is 18.4 Å². The van der Waals surface area contributed by atoms with Crippen LogP contribution in [0.25, 0.3) is 10.9 Å². The van der Waals surface area contributed by atoms with Crippen LogP contribution in [0.2, 0.25) is 5.15 Å². The fourth-order valence-corrected chi connectivity index (χ4v) is 3.79. The minimum atomic E-state index is -0.0837. The van der Waals surface area contributed by atoms with E-state index in [0.29, 0.717) is 40.9 Å². The molecule has 3 aromatic rings. The maximum Gasteiger partial charge on any atom is 0.243 e. The fraction of sp³-hybridized carbons (Fsp3) is 0.227. The molecular formula is C22H18ClN3O3. The smallest absolute Gasteiger partial charge is 0.243 e. The Balaban J connectivity index is 1.29. The monoisotopic (exact) mass is 407 g/mol. The maximum absolute atomic E-state index is 12.3. The molecule has 1 aliphatic carbocycles. The average molecular weight is 408 g/mol. The molecule has 1 aliphatic heterocycles. The molecule has 1 N–H and O–H groups in total. The highest BCUT2D eigenvalue weighted by molar-refractivity contribution is 6.32. The molecule has 29 heavy (non-hydrogen) atoms. The summed E-state index contributed by atoms with van der Waals surface area (Å²) in [6.07, 6.45) is 2.36. The Kier molecular flexibility index (Phi) is 4.56. The molecule has 146 valence electrons. The lowest BCUT2D eigenvalue weighted by atomic mass is 10.1. The second kappa shape index (κ2) is 7.37. The summed E-state index contributed by atoms with van der Waals surface area (Å²) in [7, 11) is 0. The first-order chi connectivity index (χ1) is 14.2. The zero-order chi connectivity index (χ0) is 19.8. The molecule has 6 nitrogen and oxygen atoms in total. The summed E-state index contributed by atoms with van der Waals surface area (Å²) < 4.78 is 11.2. The summed E-state index contributed by atoms with van der Waals surface area (Å²) in [6.45, 7) is 1.04. The van der Waals surface area contributed by atoms with Crippen molar-refractivity contribution >= 4 is 34.6 Å². The minimum absolute atomic E-state index is 0.0385. The highest BCUT2D eigenvalue weighted by Crippen LogP contribution is 2.47. The van der Waals surface area contributed by atoms with E-state index in [-0.39, 0.29) is 17.7 Å². The Morgan fingerprint density at radius 1 is 1.14 bits per heavy atom. The van der Waals surface area contributed by atoms with Gasteiger partial charge in [-0.05, 0) is 30.0 Å². The maximum atomic E-state index is 12.3. The number of nitrogens with zero attached hydrogens (tertiary/aromatic N) is 2. The van der Waals surface area contributed by atoms with Gasteiger partial charge in [0.15, 0.2) is 11.5 Å². The number of carbonyl (C=O) groups is 1. The van der Waals surface area contributed by atoms with Gasteiger partial charge >= 0.3 is 0 Å².